The van der Waals surface area contributed by atoms with Crippen molar-refractivity contribution in [3.05, 3.63) is 0 Å². The number of esters is 2. The first kappa shape index (κ1) is 19.0. The first-order valence-corrected chi connectivity index (χ1v) is 8.37. The molecule has 2 unspecified atom stereocenters. The minimum atomic E-state index is -0.731. The van der Waals surface area contributed by atoms with E-state index in [0.29, 0.717) is 19.4 Å². The van der Waals surface area contributed by atoms with Crippen LogP contribution in [0.4, 0.5) is 0 Å². The number of rotatable bonds is 6. The fourth-order valence-corrected chi connectivity index (χ4v) is 3.41. The first-order chi connectivity index (χ1) is 9.99. The highest BCUT2D eigenvalue weighted by Gasteiger charge is 2.52. The zero-order chi connectivity index (χ0) is 17.2. The Morgan fingerprint density at radius 1 is 1.18 bits per heavy atom. The summed E-state index contributed by atoms with van der Waals surface area (Å²) in [5.74, 6) is -0.663. The van der Waals surface area contributed by atoms with Crippen LogP contribution in [-0.2, 0) is 19.1 Å². The van der Waals surface area contributed by atoms with E-state index in [-0.39, 0.29) is 16.8 Å². The molecule has 0 aliphatic carbocycles. The normalized spacial score (nSPS) is 22.1. The van der Waals surface area contributed by atoms with Gasteiger partial charge in [-0.15, -0.1) is 0 Å². The van der Waals surface area contributed by atoms with Gasteiger partial charge in [0.1, 0.15) is 0 Å². The van der Waals surface area contributed by atoms with E-state index in [1.165, 1.54) is 0 Å². The summed E-state index contributed by atoms with van der Waals surface area (Å²) in [6, 6.07) is 0. The lowest BCUT2D eigenvalue weighted by Gasteiger charge is -2.47. The molecule has 1 saturated heterocycles. The lowest BCUT2D eigenvalue weighted by Crippen LogP contribution is -2.48. The van der Waals surface area contributed by atoms with Crippen LogP contribution in [0.1, 0.15) is 74.1 Å². The molecule has 22 heavy (non-hydrogen) atoms. The van der Waals surface area contributed by atoms with Crippen LogP contribution in [0.5, 0.6) is 0 Å². The van der Waals surface area contributed by atoms with Crippen LogP contribution in [0.2, 0.25) is 0 Å². The first-order valence-electron chi connectivity index (χ1n) is 8.37. The number of cyclic esters (lactones) is 1. The molecule has 0 bridgehead atoms. The summed E-state index contributed by atoms with van der Waals surface area (Å²) < 4.78 is 10.5. The molecular formula is C18H32O4. The lowest BCUT2D eigenvalue weighted by molar-refractivity contribution is -0.178. The maximum atomic E-state index is 13.1. The topological polar surface area (TPSA) is 52.6 Å². The van der Waals surface area contributed by atoms with Gasteiger partial charge < -0.3 is 9.47 Å². The van der Waals surface area contributed by atoms with Crippen molar-refractivity contribution < 1.29 is 19.1 Å². The second-order valence-electron chi connectivity index (χ2n) is 8.26. The Morgan fingerprint density at radius 2 is 1.77 bits per heavy atom. The van der Waals surface area contributed by atoms with Crippen LogP contribution in [0.25, 0.3) is 0 Å². The molecule has 128 valence electrons. The third-order valence-corrected chi connectivity index (χ3v) is 5.14. The van der Waals surface area contributed by atoms with E-state index in [1.54, 1.807) is 0 Å². The zero-order valence-electron chi connectivity index (χ0n) is 15.2. The summed E-state index contributed by atoms with van der Waals surface area (Å²) in [6.45, 7) is 15.1. The highest BCUT2D eigenvalue weighted by Crippen LogP contribution is 2.52. The van der Waals surface area contributed by atoms with E-state index in [4.69, 9.17) is 9.47 Å². The van der Waals surface area contributed by atoms with Gasteiger partial charge in [-0.3, -0.25) is 4.79 Å². The van der Waals surface area contributed by atoms with Gasteiger partial charge in [-0.05, 0) is 30.1 Å². The lowest BCUT2D eigenvalue weighted by atomic mass is 9.57. The van der Waals surface area contributed by atoms with Crippen LogP contribution in [-0.4, -0.2) is 24.6 Å². The maximum absolute atomic E-state index is 13.1. The summed E-state index contributed by atoms with van der Waals surface area (Å²) in [5.41, 5.74) is -0.796. The summed E-state index contributed by atoms with van der Waals surface area (Å²) in [4.78, 5) is 24.7. The molecule has 0 radical (unpaired) electrons. The average Bonchev–Trinajstić information content (AvgIpc) is 2.80. The Morgan fingerprint density at radius 3 is 2.14 bits per heavy atom. The average molecular weight is 312 g/mol. The van der Waals surface area contributed by atoms with Crippen molar-refractivity contribution in [1.29, 1.82) is 0 Å². The zero-order valence-corrected chi connectivity index (χ0v) is 15.2. The molecule has 0 amide bonds. The van der Waals surface area contributed by atoms with Gasteiger partial charge in [0, 0.05) is 6.42 Å². The Bertz CT molecular complexity index is 419. The summed E-state index contributed by atoms with van der Waals surface area (Å²) in [6.07, 6.45) is 2.04. The monoisotopic (exact) mass is 312 g/mol. The SMILES string of the molecule is CCC(C)(C)C(CC)(CC(C)(C)C)C(=O)OC1CCOC1=O. The van der Waals surface area contributed by atoms with E-state index in [2.05, 4.69) is 41.5 Å². The fourth-order valence-electron chi connectivity index (χ4n) is 3.41. The standard InChI is InChI=1S/C18H32O4/c1-8-17(6,7)18(9-2,12-16(3,4)5)15(20)22-13-10-11-21-14(13)19/h13H,8-12H2,1-7H3. The molecule has 0 spiro atoms. The molecule has 0 saturated carbocycles. The Kier molecular flexibility index (Phi) is 5.69. The van der Waals surface area contributed by atoms with Crippen molar-refractivity contribution in [2.45, 2.75) is 80.3 Å². The highest BCUT2D eigenvalue weighted by molar-refractivity contribution is 5.83. The summed E-state index contributed by atoms with van der Waals surface area (Å²) in [7, 11) is 0. The summed E-state index contributed by atoms with van der Waals surface area (Å²) >= 11 is 0. The van der Waals surface area contributed by atoms with E-state index in [1.807, 2.05) is 6.92 Å². The van der Waals surface area contributed by atoms with E-state index in [9.17, 15) is 9.59 Å². The highest BCUT2D eigenvalue weighted by atomic mass is 16.6. The molecule has 0 aromatic carbocycles. The largest absolute Gasteiger partial charge is 0.463 e. The Labute approximate surface area is 134 Å². The third kappa shape index (κ3) is 3.82. The molecule has 1 rings (SSSR count). The molecule has 1 aliphatic rings. The number of carbonyl (C=O) groups excluding carboxylic acids is 2. The van der Waals surface area contributed by atoms with Gasteiger partial charge in [-0.25, -0.2) is 4.79 Å². The second-order valence-corrected chi connectivity index (χ2v) is 8.26. The van der Waals surface area contributed by atoms with Gasteiger partial charge in [0.2, 0.25) is 6.10 Å². The Balaban J connectivity index is 3.12. The van der Waals surface area contributed by atoms with E-state index < -0.39 is 17.5 Å². The number of hydrogen-bond acceptors (Lipinski definition) is 4. The third-order valence-electron chi connectivity index (χ3n) is 5.14. The van der Waals surface area contributed by atoms with Crippen LogP contribution in [0, 0.1) is 16.2 Å². The van der Waals surface area contributed by atoms with Crippen molar-refractivity contribution >= 4 is 11.9 Å². The molecule has 0 aromatic rings. The van der Waals surface area contributed by atoms with Gasteiger partial charge >= 0.3 is 11.9 Å². The minimum absolute atomic E-state index is 0.00233. The predicted molar refractivity (Wildman–Crippen MR) is 86.3 cm³/mol. The molecule has 1 aliphatic heterocycles. The fraction of sp³-hybridized carbons (Fsp3) is 0.889. The number of carbonyl (C=O) groups is 2. The maximum Gasteiger partial charge on any atom is 0.347 e. The van der Waals surface area contributed by atoms with Crippen LogP contribution in [0.3, 0.4) is 0 Å². The summed E-state index contributed by atoms with van der Waals surface area (Å²) in [5, 5.41) is 0. The quantitative estimate of drug-likeness (QED) is 0.692. The van der Waals surface area contributed by atoms with Crippen molar-refractivity contribution in [3.63, 3.8) is 0 Å². The smallest absolute Gasteiger partial charge is 0.347 e. The van der Waals surface area contributed by atoms with Crippen LogP contribution >= 0.6 is 0 Å². The van der Waals surface area contributed by atoms with Gasteiger partial charge in [-0.2, -0.15) is 0 Å². The molecular weight excluding hydrogens is 280 g/mol. The Hall–Kier alpha value is -1.06. The second kappa shape index (κ2) is 6.59. The number of ether oxygens (including phenoxy) is 2. The van der Waals surface area contributed by atoms with Gasteiger partial charge in [0.15, 0.2) is 0 Å². The van der Waals surface area contributed by atoms with Crippen molar-refractivity contribution in [3.8, 4) is 0 Å². The minimum Gasteiger partial charge on any atom is -0.463 e. The van der Waals surface area contributed by atoms with Crippen LogP contribution < -0.4 is 0 Å². The predicted octanol–water partition coefficient (Wildman–Crippen LogP) is 4.11. The van der Waals surface area contributed by atoms with E-state index in [0.717, 1.165) is 12.8 Å². The van der Waals surface area contributed by atoms with Gasteiger partial charge in [0.05, 0.1) is 12.0 Å². The van der Waals surface area contributed by atoms with E-state index >= 15 is 0 Å². The molecule has 4 nitrogen and oxygen atoms in total. The molecule has 1 heterocycles. The number of hydrogen-bond donors (Lipinski definition) is 0. The van der Waals surface area contributed by atoms with Crippen molar-refractivity contribution in [2.24, 2.45) is 16.2 Å². The molecule has 1 fully saturated rings. The molecule has 4 heteroatoms. The van der Waals surface area contributed by atoms with Crippen molar-refractivity contribution in [2.75, 3.05) is 6.61 Å². The molecule has 0 aromatic heterocycles. The van der Waals surface area contributed by atoms with Crippen LogP contribution in [0.15, 0.2) is 0 Å². The van der Waals surface area contributed by atoms with Gasteiger partial charge in [0.25, 0.3) is 0 Å². The van der Waals surface area contributed by atoms with Gasteiger partial charge in [-0.1, -0.05) is 48.5 Å². The van der Waals surface area contributed by atoms with Crippen molar-refractivity contribution in [1.82, 2.24) is 0 Å². The molecule has 0 N–H and O–H groups in total. The molecule has 2 atom stereocenters.